The van der Waals surface area contributed by atoms with Gasteiger partial charge in [-0.05, 0) is 31.1 Å². The lowest BCUT2D eigenvalue weighted by Crippen LogP contribution is -2.61. The molecule has 0 unspecified atom stereocenters. The number of hydrogen-bond donors (Lipinski definition) is 1. The third kappa shape index (κ3) is 1.70. The van der Waals surface area contributed by atoms with E-state index in [-0.39, 0.29) is 12.0 Å². The van der Waals surface area contributed by atoms with E-state index >= 15 is 0 Å². The predicted octanol–water partition coefficient (Wildman–Crippen LogP) is 0.319. The van der Waals surface area contributed by atoms with Crippen molar-refractivity contribution in [3.05, 3.63) is 0 Å². The van der Waals surface area contributed by atoms with Gasteiger partial charge in [0.15, 0.2) is 9.84 Å². The highest BCUT2D eigenvalue weighted by atomic mass is 32.2. The molecular formula is C10H19NO3S. The standard InChI is InChI=1S/C10H19NO3S/c1-15(12,13)10(8-11)6-9(7-10)2-4-14-5-3-9/h2-8,11H2,1H3. The maximum Gasteiger partial charge on any atom is 0.154 e. The van der Waals surface area contributed by atoms with Crippen molar-refractivity contribution in [1.82, 2.24) is 0 Å². The third-order valence-electron chi connectivity index (χ3n) is 4.11. The van der Waals surface area contributed by atoms with Crippen molar-refractivity contribution in [2.75, 3.05) is 26.0 Å². The molecule has 5 heteroatoms. The molecule has 4 nitrogen and oxygen atoms in total. The summed E-state index contributed by atoms with van der Waals surface area (Å²) < 4.78 is 28.0. The van der Waals surface area contributed by atoms with Gasteiger partial charge >= 0.3 is 0 Å². The zero-order valence-electron chi connectivity index (χ0n) is 9.16. The minimum absolute atomic E-state index is 0.209. The molecule has 0 bridgehead atoms. The summed E-state index contributed by atoms with van der Waals surface area (Å²) in [5, 5.41) is 0. The van der Waals surface area contributed by atoms with Crippen LogP contribution in [0.3, 0.4) is 0 Å². The Morgan fingerprint density at radius 3 is 2.20 bits per heavy atom. The SMILES string of the molecule is CS(=O)(=O)C1(CN)CC2(CCOCC2)C1. The van der Waals surface area contributed by atoms with Crippen molar-refractivity contribution >= 4 is 9.84 Å². The number of ether oxygens (including phenoxy) is 1. The van der Waals surface area contributed by atoms with Gasteiger partial charge < -0.3 is 10.5 Å². The highest BCUT2D eigenvalue weighted by molar-refractivity contribution is 7.92. The van der Waals surface area contributed by atoms with Crippen LogP contribution in [0.15, 0.2) is 0 Å². The molecule has 1 saturated carbocycles. The second-order valence-corrected chi connectivity index (χ2v) is 7.54. The number of sulfone groups is 1. The van der Waals surface area contributed by atoms with E-state index < -0.39 is 14.6 Å². The van der Waals surface area contributed by atoms with E-state index in [0.717, 1.165) is 38.9 Å². The third-order valence-corrected chi connectivity index (χ3v) is 6.13. The molecule has 0 aromatic rings. The zero-order valence-corrected chi connectivity index (χ0v) is 9.98. The molecule has 1 spiro atoms. The Labute approximate surface area is 91.1 Å². The van der Waals surface area contributed by atoms with Gasteiger partial charge in [-0.1, -0.05) is 0 Å². The molecule has 0 amide bonds. The summed E-state index contributed by atoms with van der Waals surface area (Å²) in [7, 11) is -3.02. The van der Waals surface area contributed by atoms with Crippen LogP contribution in [0, 0.1) is 5.41 Å². The fourth-order valence-electron chi connectivity index (χ4n) is 3.03. The second kappa shape index (κ2) is 3.43. The van der Waals surface area contributed by atoms with Crippen LogP contribution < -0.4 is 5.73 Å². The van der Waals surface area contributed by atoms with Crippen LogP contribution in [0.25, 0.3) is 0 Å². The molecule has 1 aliphatic carbocycles. The Morgan fingerprint density at radius 1 is 1.27 bits per heavy atom. The lowest BCUT2D eigenvalue weighted by molar-refractivity contribution is -0.0472. The Hall–Kier alpha value is -0.130. The van der Waals surface area contributed by atoms with Gasteiger partial charge in [0, 0.05) is 26.0 Å². The first-order chi connectivity index (χ1) is 6.93. The molecule has 88 valence electrons. The first-order valence-electron chi connectivity index (χ1n) is 5.41. The molecule has 1 saturated heterocycles. The van der Waals surface area contributed by atoms with Crippen molar-refractivity contribution in [2.24, 2.45) is 11.1 Å². The van der Waals surface area contributed by atoms with Crippen molar-refractivity contribution in [2.45, 2.75) is 30.4 Å². The smallest absolute Gasteiger partial charge is 0.154 e. The first-order valence-corrected chi connectivity index (χ1v) is 7.30. The minimum atomic E-state index is -3.02. The van der Waals surface area contributed by atoms with Crippen LogP contribution in [0.4, 0.5) is 0 Å². The minimum Gasteiger partial charge on any atom is -0.381 e. The van der Waals surface area contributed by atoms with Crippen LogP contribution in [0.2, 0.25) is 0 Å². The van der Waals surface area contributed by atoms with Crippen molar-refractivity contribution in [1.29, 1.82) is 0 Å². The Balaban J connectivity index is 2.12. The molecule has 1 heterocycles. The summed E-state index contributed by atoms with van der Waals surface area (Å²) in [6, 6.07) is 0. The number of nitrogens with two attached hydrogens (primary N) is 1. The maximum absolute atomic E-state index is 11.7. The van der Waals surface area contributed by atoms with Crippen molar-refractivity contribution in [3.63, 3.8) is 0 Å². The average molecular weight is 233 g/mol. The highest BCUT2D eigenvalue weighted by Crippen LogP contribution is 2.57. The zero-order chi connectivity index (χ0) is 11.2. The molecule has 0 atom stereocenters. The largest absolute Gasteiger partial charge is 0.381 e. The van der Waals surface area contributed by atoms with E-state index in [1.807, 2.05) is 0 Å². The second-order valence-electron chi connectivity index (χ2n) is 5.13. The van der Waals surface area contributed by atoms with Crippen molar-refractivity contribution in [3.8, 4) is 0 Å². The lowest BCUT2D eigenvalue weighted by Gasteiger charge is -2.56. The van der Waals surface area contributed by atoms with E-state index in [9.17, 15) is 8.42 Å². The van der Waals surface area contributed by atoms with Crippen LogP contribution in [-0.2, 0) is 14.6 Å². The summed E-state index contributed by atoms with van der Waals surface area (Å²) in [5.74, 6) is 0. The summed E-state index contributed by atoms with van der Waals surface area (Å²) in [5.41, 5.74) is 5.84. The quantitative estimate of drug-likeness (QED) is 0.745. The molecule has 2 N–H and O–H groups in total. The average Bonchev–Trinajstić information content (AvgIpc) is 2.13. The molecule has 0 radical (unpaired) electrons. The predicted molar refractivity (Wildman–Crippen MR) is 58.3 cm³/mol. The van der Waals surface area contributed by atoms with Gasteiger partial charge in [-0.3, -0.25) is 0 Å². The van der Waals surface area contributed by atoms with Gasteiger partial charge in [0.1, 0.15) is 0 Å². The maximum atomic E-state index is 11.7. The van der Waals surface area contributed by atoms with Gasteiger partial charge in [-0.15, -0.1) is 0 Å². The van der Waals surface area contributed by atoms with E-state index in [2.05, 4.69) is 0 Å². The monoisotopic (exact) mass is 233 g/mol. The molecule has 0 aromatic heterocycles. The normalized spacial score (nSPS) is 28.7. The fourth-order valence-corrected chi connectivity index (χ4v) is 4.47. The van der Waals surface area contributed by atoms with Gasteiger partial charge in [-0.2, -0.15) is 0 Å². The summed E-state index contributed by atoms with van der Waals surface area (Å²) >= 11 is 0. The van der Waals surface area contributed by atoms with Gasteiger partial charge in [0.2, 0.25) is 0 Å². The molecular weight excluding hydrogens is 214 g/mol. The molecule has 2 fully saturated rings. The number of hydrogen-bond acceptors (Lipinski definition) is 4. The van der Waals surface area contributed by atoms with Crippen LogP contribution >= 0.6 is 0 Å². The Bertz CT molecular complexity index is 336. The lowest BCUT2D eigenvalue weighted by atomic mass is 9.57. The molecule has 2 aliphatic rings. The molecule has 1 aliphatic heterocycles. The fraction of sp³-hybridized carbons (Fsp3) is 1.00. The summed E-state index contributed by atoms with van der Waals surface area (Å²) in [6.07, 6.45) is 4.76. The van der Waals surface area contributed by atoms with Gasteiger partial charge in [0.05, 0.1) is 4.75 Å². The van der Waals surface area contributed by atoms with Crippen LogP contribution in [0.1, 0.15) is 25.7 Å². The molecule has 2 rings (SSSR count). The first kappa shape index (κ1) is 11.4. The van der Waals surface area contributed by atoms with Crippen molar-refractivity contribution < 1.29 is 13.2 Å². The molecule has 0 aromatic carbocycles. The van der Waals surface area contributed by atoms with E-state index in [0.29, 0.717) is 0 Å². The van der Waals surface area contributed by atoms with E-state index in [1.54, 1.807) is 0 Å². The summed E-state index contributed by atoms with van der Waals surface area (Å²) in [6.45, 7) is 1.79. The van der Waals surface area contributed by atoms with Gasteiger partial charge in [-0.25, -0.2) is 8.42 Å². The van der Waals surface area contributed by atoms with Crippen LogP contribution in [-0.4, -0.2) is 39.2 Å². The van der Waals surface area contributed by atoms with Crippen LogP contribution in [0.5, 0.6) is 0 Å². The summed E-state index contributed by atoms with van der Waals surface area (Å²) in [4.78, 5) is 0. The Morgan fingerprint density at radius 2 is 1.80 bits per heavy atom. The number of rotatable bonds is 2. The van der Waals surface area contributed by atoms with Gasteiger partial charge in [0.25, 0.3) is 0 Å². The topological polar surface area (TPSA) is 69.4 Å². The Kier molecular flexibility index (Phi) is 2.60. The van der Waals surface area contributed by atoms with E-state index in [1.165, 1.54) is 6.26 Å². The highest BCUT2D eigenvalue weighted by Gasteiger charge is 2.59. The molecule has 15 heavy (non-hydrogen) atoms. The van der Waals surface area contributed by atoms with E-state index in [4.69, 9.17) is 10.5 Å².